The van der Waals surface area contributed by atoms with Crippen molar-refractivity contribution >= 4 is 23.4 Å². The Balaban J connectivity index is 1.90. The molecule has 0 bridgehead atoms. The number of rotatable bonds is 4. The molecule has 1 heterocycles. The summed E-state index contributed by atoms with van der Waals surface area (Å²) in [5.74, 6) is -1.24. The Morgan fingerprint density at radius 3 is 2.89 bits per heavy atom. The number of anilines is 1. The minimum absolute atomic E-state index is 0.0358. The third-order valence-corrected chi connectivity index (χ3v) is 2.96. The Morgan fingerprint density at radius 2 is 2.26 bits per heavy atom. The smallest absolute Gasteiger partial charge is 0.234 e. The molecule has 0 aliphatic heterocycles. The van der Waals surface area contributed by atoms with Gasteiger partial charge in [-0.1, -0.05) is 11.8 Å². The molecule has 19 heavy (non-hydrogen) atoms. The van der Waals surface area contributed by atoms with Gasteiger partial charge in [-0.2, -0.15) is 0 Å². The number of H-pyrrole nitrogens is 1. The van der Waals surface area contributed by atoms with Gasteiger partial charge in [0.25, 0.3) is 0 Å². The summed E-state index contributed by atoms with van der Waals surface area (Å²) in [7, 11) is 0. The number of nitrogens with one attached hydrogen (secondary N) is 2. The number of aromatic nitrogens is 3. The predicted molar refractivity (Wildman–Crippen MR) is 66.8 cm³/mol. The first kappa shape index (κ1) is 13.5. The zero-order valence-electron chi connectivity index (χ0n) is 9.91. The van der Waals surface area contributed by atoms with Crippen LogP contribution in [0.25, 0.3) is 0 Å². The summed E-state index contributed by atoms with van der Waals surface area (Å²) in [5.41, 5.74) is -0.0573. The second kappa shape index (κ2) is 5.79. The van der Waals surface area contributed by atoms with Gasteiger partial charge in [-0.25, -0.2) is 13.8 Å². The number of hydrogen-bond donors (Lipinski definition) is 2. The normalized spacial score (nSPS) is 10.5. The van der Waals surface area contributed by atoms with Gasteiger partial charge < -0.3 is 5.32 Å². The van der Waals surface area contributed by atoms with E-state index in [9.17, 15) is 13.6 Å². The van der Waals surface area contributed by atoms with Crippen molar-refractivity contribution in [3.63, 3.8) is 0 Å². The van der Waals surface area contributed by atoms with Crippen LogP contribution < -0.4 is 5.32 Å². The molecule has 0 saturated heterocycles. The molecule has 0 unspecified atom stereocenters. The Kier molecular flexibility index (Phi) is 4.10. The van der Waals surface area contributed by atoms with Crippen molar-refractivity contribution < 1.29 is 13.6 Å². The number of thioether (sulfide) groups is 1. The summed E-state index contributed by atoms with van der Waals surface area (Å²) >= 11 is 1.12. The fraction of sp³-hybridized carbons (Fsp3) is 0.182. The highest BCUT2D eigenvalue weighted by Crippen LogP contribution is 2.16. The van der Waals surface area contributed by atoms with Crippen LogP contribution in [0, 0.1) is 18.6 Å². The molecule has 0 aliphatic carbocycles. The van der Waals surface area contributed by atoms with Crippen LogP contribution in [0.1, 0.15) is 5.82 Å². The molecule has 1 amide bonds. The van der Waals surface area contributed by atoms with E-state index in [1.165, 1.54) is 6.07 Å². The van der Waals surface area contributed by atoms with Crippen LogP contribution in [0.5, 0.6) is 0 Å². The molecular formula is C11H10F2N4OS. The van der Waals surface area contributed by atoms with Gasteiger partial charge in [-0.15, -0.1) is 5.10 Å². The number of carbonyl (C=O) groups is 1. The summed E-state index contributed by atoms with van der Waals surface area (Å²) in [5, 5.41) is 9.27. The second-order valence-corrected chi connectivity index (χ2v) is 4.61. The van der Waals surface area contributed by atoms with Crippen LogP contribution in [0.2, 0.25) is 0 Å². The largest absolute Gasteiger partial charge is 0.323 e. The van der Waals surface area contributed by atoms with E-state index in [1.54, 1.807) is 6.92 Å². The molecule has 0 saturated carbocycles. The van der Waals surface area contributed by atoms with E-state index in [1.807, 2.05) is 0 Å². The number of aryl methyl sites for hydroxylation is 1. The first-order valence-electron chi connectivity index (χ1n) is 5.31. The highest BCUT2D eigenvalue weighted by molar-refractivity contribution is 7.99. The maximum Gasteiger partial charge on any atom is 0.234 e. The molecule has 2 aromatic rings. The van der Waals surface area contributed by atoms with Gasteiger partial charge in [0.05, 0.1) is 11.4 Å². The van der Waals surface area contributed by atoms with Gasteiger partial charge in [0, 0.05) is 6.07 Å². The minimum Gasteiger partial charge on any atom is -0.323 e. The number of amides is 1. The Hall–Kier alpha value is -1.96. The highest BCUT2D eigenvalue weighted by atomic mass is 32.2. The lowest BCUT2D eigenvalue weighted by atomic mass is 10.3. The van der Waals surface area contributed by atoms with Gasteiger partial charge in [-0.3, -0.25) is 9.89 Å². The first-order valence-corrected chi connectivity index (χ1v) is 6.30. The van der Waals surface area contributed by atoms with Gasteiger partial charge in [0.2, 0.25) is 11.1 Å². The van der Waals surface area contributed by atoms with Crippen molar-refractivity contribution in [2.45, 2.75) is 12.1 Å². The van der Waals surface area contributed by atoms with Gasteiger partial charge in [0.15, 0.2) is 0 Å². The van der Waals surface area contributed by atoms with Gasteiger partial charge in [-0.05, 0) is 19.1 Å². The van der Waals surface area contributed by atoms with Crippen molar-refractivity contribution in [2.75, 3.05) is 11.1 Å². The lowest BCUT2D eigenvalue weighted by Gasteiger charge is -2.05. The molecule has 2 N–H and O–H groups in total. The molecule has 0 aliphatic rings. The number of benzene rings is 1. The molecule has 0 spiro atoms. The van der Waals surface area contributed by atoms with E-state index >= 15 is 0 Å². The number of carbonyl (C=O) groups excluding carboxylic acids is 1. The molecule has 0 radical (unpaired) electrons. The van der Waals surface area contributed by atoms with Crippen molar-refractivity contribution in [1.29, 1.82) is 0 Å². The quantitative estimate of drug-likeness (QED) is 0.844. The zero-order chi connectivity index (χ0) is 13.8. The molecule has 2 rings (SSSR count). The van der Waals surface area contributed by atoms with Gasteiger partial charge in [0.1, 0.15) is 17.5 Å². The summed E-state index contributed by atoms with van der Waals surface area (Å²) < 4.78 is 26.0. The summed E-state index contributed by atoms with van der Waals surface area (Å²) in [6.07, 6.45) is 0. The van der Waals surface area contributed by atoms with Gasteiger partial charge >= 0.3 is 0 Å². The average molecular weight is 284 g/mol. The van der Waals surface area contributed by atoms with E-state index < -0.39 is 17.5 Å². The molecule has 8 heteroatoms. The third kappa shape index (κ3) is 3.75. The van der Waals surface area contributed by atoms with Crippen LogP contribution in [-0.4, -0.2) is 26.8 Å². The molecular weight excluding hydrogens is 274 g/mol. The van der Waals surface area contributed by atoms with E-state index in [2.05, 4.69) is 20.5 Å². The fourth-order valence-corrected chi connectivity index (χ4v) is 1.94. The Bertz CT molecular complexity index is 602. The van der Waals surface area contributed by atoms with Crippen LogP contribution in [0.4, 0.5) is 14.5 Å². The number of hydrogen-bond acceptors (Lipinski definition) is 4. The van der Waals surface area contributed by atoms with Crippen molar-refractivity contribution in [3.05, 3.63) is 35.7 Å². The molecule has 0 atom stereocenters. The standard InChI is InChI=1S/C11H10F2N4OS/c1-6-14-11(17-16-6)19-5-10(18)15-9-3-2-7(12)4-8(9)13/h2-4H,5H2,1H3,(H,15,18)(H,14,16,17). The maximum absolute atomic E-state index is 13.3. The van der Waals surface area contributed by atoms with Crippen molar-refractivity contribution in [2.24, 2.45) is 0 Å². The van der Waals surface area contributed by atoms with E-state index in [0.29, 0.717) is 17.0 Å². The summed E-state index contributed by atoms with van der Waals surface area (Å²) in [6.45, 7) is 1.74. The van der Waals surface area contributed by atoms with Crippen molar-refractivity contribution in [3.8, 4) is 0 Å². The Labute approximate surface area is 111 Å². The van der Waals surface area contributed by atoms with Crippen molar-refractivity contribution in [1.82, 2.24) is 15.2 Å². The van der Waals surface area contributed by atoms with E-state index in [-0.39, 0.29) is 11.4 Å². The minimum atomic E-state index is -0.813. The van der Waals surface area contributed by atoms with E-state index in [4.69, 9.17) is 0 Å². The average Bonchev–Trinajstić information content (AvgIpc) is 2.76. The molecule has 0 fully saturated rings. The van der Waals surface area contributed by atoms with Crippen LogP contribution in [-0.2, 0) is 4.79 Å². The number of nitrogens with zero attached hydrogens (tertiary/aromatic N) is 2. The molecule has 100 valence electrons. The van der Waals surface area contributed by atoms with Crippen LogP contribution >= 0.6 is 11.8 Å². The molecule has 5 nitrogen and oxygen atoms in total. The van der Waals surface area contributed by atoms with E-state index in [0.717, 1.165) is 17.8 Å². The lowest BCUT2D eigenvalue weighted by molar-refractivity contribution is -0.113. The Morgan fingerprint density at radius 1 is 1.47 bits per heavy atom. The third-order valence-electron chi connectivity index (χ3n) is 2.11. The monoisotopic (exact) mass is 284 g/mol. The van der Waals surface area contributed by atoms with Crippen LogP contribution in [0.15, 0.2) is 23.4 Å². The van der Waals surface area contributed by atoms with Crippen LogP contribution in [0.3, 0.4) is 0 Å². The molecule has 1 aromatic carbocycles. The molecule has 1 aromatic heterocycles. The predicted octanol–water partition coefficient (Wildman–Crippen LogP) is 2.12. The highest BCUT2D eigenvalue weighted by Gasteiger charge is 2.10. The SMILES string of the molecule is Cc1nc(SCC(=O)Nc2ccc(F)cc2F)n[nH]1. The first-order chi connectivity index (χ1) is 9.04. The summed E-state index contributed by atoms with van der Waals surface area (Å²) in [4.78, 5) is 15.6. The number of halogens is 2. The summed E-state index contributed by atoms with van der Waals surface area (Å²) in [6, 6.07) is 2.95. The maximum atomic E-state index is 13.3. The zero-order valence-corrected chi connectivity index (χ0v) is 10.7. The fourth-order valence-electron chi connectivity index (χ4n) is 1.29. The second-order valence-electron chi connectivity index (χ2n) is 3.66. The number of aromatic amines is 1. The topological polar surface area (TPSA) is 70.7 Å². The lowest BCUT2D eigenvalue weighted by Crippen LogP contribution is -2.15.